The van der Waals surface area contributed by atoms with Crippen LogP contribution in [-0.2, 0) is 0 Å². The molecule has 2 aromatic heterocycles. The Morgan fingerprint density at radius 1 is 1.60 bits per heavy atom. The first-order valence-electron chi connectivity index (χ1n) is 6.28. The van der Waals surface area contributed by atoms with Crippen molar-refractivity contribution >= 4 is 29.7 Å². The molecule has 3 rings (SSSR count). The van der Waals surface area contributed by atoms with E-state index in [-0.39, 0.29) is 24.4 Å². The Kier molecular flexibility index (Phi) is 4.80. The fraction of sp³-hybridized carbons (Fsp3) is 0.385. The summed E-state index contributed by atoms with van der Waals surface area (Å²) < 4.78 is 5.17. The number of thiophene rings is 1. The Hall–Kier alpha value is -1.37. The maximum absolute atomic E-state index is 11.9. The molecule has 2 heterocycles. The van der Waals surface area contributed by atoms with E-state index in [4.69, 9.17) is 10.3 Å². The average Bonchev–Trinajstić information content (AvgIpc) is 2.94. The van der Waals surface area contributed by atoms with Gasteiger partial charge in [0.05, 0.1) is 4.88 Å². The van der Waals surface area contributed by atoms with Gasteiger partial charge in [0, 0.05) is 18.7 Å². The molecule has 0 aliphatic heterocycles. The van der Waals surface area contributed by atoms with E-state index in [1.807, 2.05) is 17.5 Å². The van der Waals surface area contributed by atoms with Gasteiger partial charge >= 0.3 is 0 Å². The maximum atomic E-state index is 11.9. The second-order valence-corrected chi connectivity index (χ2v) is 5.71. The zero-order valence-corrected chi connectivity index (χ0v) is 12.4. The Morgan fingerprint density at radius 3 is 3.05 bits per heavy atom. The standard InChI is InChI=1S/C13H15N3O2S.ClH/c14-9(8-3-4-8)7-15-13(17)10-6-11(18-16-10)12-2-1-5-19-12;/h1-2,5-6,8-9H,3-4,7,14H2,(H,15,17);1H. The molecule has 0 aromatic carbocycles. The van der Waals surface area contributed by atoms with Gasteiger partial charge in [-0.1, -0.05) is 11.2 Å². The molecule has 108 valence electrons. The van der Waals surface area contributed by atoms with Gasteiger partial charge in [-0.05, 0) is 30.2 Å². The van der Waals surface area contributed by atoms with Crippen LogP contribution in [0.5, 0.6) is 0 Å². The quantitative estimate of drug-likeness (QED) is 0.887. The van der Waals surface area contributed by atoms with Gasteiger partial charge < -0.3 is 15.6 Å². The largest absolute Gasteiger partial charge is 0.355 e. The summed E-state index contributed by atoms with van der Waals surface area (Å²) in [7, 11) is 0. The number of carbonyl (C=O) groups excluding carboxylic acids is 1. The lowest BCUT2D eigenvalue weighted by atomic mass is 10.2. The van der Waals surface area contributed by atoms with E-state index in [0.717, 1.165) is 4.88 Å². The van der Waals surface area contributed by atoms with Crippen LogP contribution in [-0.4, -0.2) is 23.7 Å². The lowest BCUT2D eigenvalue weighted by Crippen LogP contribution is -2.38. The number of nitrogens with zero attached hydrogens (tertiary/aromatic N) is 1. The average molecular weight is 314 g/mol. The van der Waals surface area contributed by atoms with Gasteiger partial charge in [0.2, 0.25) is 0 Å². The zero-order chi connectivity index (χ0) is 13.2. The molecule has 7 heteroatoms. The maximum Gasteiger partial charge on any atom is 0.273 e. The molecule has 1 fully saturated rings. The van der Waals surface area contributed by atoms with E-state index in [2.05, 4.69) is 10.5 Å². The lowest BCUT2D eigenvalue weighted by Gasteiger charge is -2.09. The van der Waals surface area contributed by atoms with Crippen LogP contribution in [0.3, 0.4) is 0 Å². The molecule has 20 heavy (non-hydrogen) atoms. The van der Waals surface area contributed by atoms with Gasteiger partial charge in [0.25, 0.3) is 5.91 Å². The monoisotopic (exact) mass is 313 g/mol. The highest BCUT2D eigenvalue weighted by Gasteiger charge is 2.28. The van der Waals surface area contributed by atoms with Crippen molar-refractivity contribution in [2.24, 2.45) is 11.7 Å². The molecule has 0 spiro atoms. The van der Waals surface area contributed by atoms with Crippen molar-refractivity contribution in [1.82, 2.24) is 10.5 Å². The summed E-state index contributed by atoms with van der Waals surface area (Å²) in [5, 5.41) is 8.54. The van der Waals surface area contributed by atoms with Crippen molar-refractivity contribution in [2.75, 3.05) is 6.54 Å². The smallest absolute Gasteiger partial charge is 0.273 e. The SMILES string of the molecule is Cl.NC(CNC(=O)c1cc(-c2cccs2)on1)C1CC1. The van der Waals surface area contributed by atoms with Gasteiger partial charge in [-0.25, -0.2) is 0 Å². The van der Waals surface area contributed by atoms with Gasteiger partial charge in [-0.3, -0.25) is 4.79 Å². The minimum Gasteiger partial charge on any atom is -0.355 e. The van der Waals surface area contributed by atoms with Crippen molar-refractivity contribution in [1.29, 1.82) is 0 Å². The van der Waals surface area contributed by atoms with Gasteiger partial charge in [0.15, 0.2) is 11.5 Å². The van der Waals surface area contributed by atoms with Crippen LogP contribution in [0.4, 0.5) is 0 Å². The highest BCUT2D eigenvalue weighted by Crippen LogP contribution is 2.31. The van der Waals surface area contributed by atoms with E-state index >= 15 is 0 Å². The molecule has 1 atom stereocenters. The zero-order valence-electron chi connectivity index (χ0n) is 10.7. The molecule has 5 nitrogen and oxygen atoms in total. The Bertz CT molecular complexity index is 566. The number of amides is 1. The molecule has 1 amide bonds. The molecule has 0 bridgehead atoms. The summed E-state index contributed by atoms with van der Waals surface area (Å²) in [5.41, 5.74) is 6.23. The minimum absolute atomic E-state index is 0. The van der Waals surface area contributed by atoms with Crippen molar-refractivity contribution in [3.05, 3.63) is 29.3 Å². The number of halogens is 1. The third-order valence-corrected chi connectivity index (χ3v) is 4.12. The predicted molar refractivity (Wildman–Crippen MR) is 80.1 cm³/mol. The number of nitrogens with two attached hydrogens (primary N) is 1. The van der Waals surface area contributed by atoms with Crippen molar-refractivity contribution in [3.63, 3.8) is 0 Å². The fourth-order valence-electron chi connectivity index (χ4n) is 1.91. The summed E-state index contributed by atoms with van der Waals surface area (Å²) >= 11 is 1.55. The highest BCUT2D eigenvalue weighted by atomic mass is 35.5. The van der Waals surface area contributed by atoms with Gasteiger partial charge in [-0.15, -0.1) is 23.7 Å². The van der Waals surface area contributed by atoms with Crippen LogP contribution in [0.2, 0.25) is 0 Å². The first kappa shape index (κ1) is 15.0. The minimum atomic E-state index is -0.234. The van der Waals surface area contributed by atoms with Crippen molar-refractivity contribution in [3.8, 4) is 10.6 Å². The topological polar surface area (TPSA) is 81.1 Å². The van der Waals surface area contributed by atoms with E-state index in [1.165, 1.54) is 12.8 Å². The summed E-state index contributed by atoms with van der Waals surface area (Å²) in [4.78, 5) is 12.8. The number of nitrogens with one attached hydrogen (secondary N) is 1. The second kappa shape index (κ2) is 6.39. The van der Waals surface area contributed by atoms with Crippen molar-refractivity contribution < 1.29 is 9.32 Å². The molecule has 1 aliphatic carbocycles. The number of hydrogen-bond acceptors (Lipinski definition) is 5. The summed E-state index contributed by atoms with van der Waals surface area (Å²) in [6, 6.07) is 5.56. The molecule has 1 saturated carbocycles. The molecule has 0 radical (unpaired) electrons. The van der Waals surface area contributed by atoms with E-state index in [1.54, 1.807) is 17.4 Å². The van der Waals surface area contributed by atoms with Crippen LogP contribution in [0.15, 0.2) is 28.1 Å². The summed E-state index contributed by atoms with van der Waals surface area (Å²) in [5.74, 6) is 0.952. The molecule has 1 unspecified atom stereocenters. The first-order chi connectivity index (χ1) is 9.24. The molecule has 0 saturated heterocycles. The molecule has 2 aromatic rings. The molecule has 3 N–H and O–H groups in total. The third-order valence-electron chi connectivity index (χ3n) is 3.23. The van der Waals surface area contributed by atoms with Crippen LogP contribution < -0.4 is 11.1 Å². The van der Waals surface area contributed by atoms with Crippen LogP contribution in [0, 0.1) is 5.92 Å². The summed E-state index contributed by atoms with van der Waals surface area (Å²) in [6.07, 6.45) is 2.34. The fourth-order valence-corrected chi connectivity index (χ4v) is 2.58. The first-order valence-corrected chi connectivity index (χ1v) is 7.16. The normalized spacial score (nSPS) is 15.4. The van der Waals surface area contributed by atoms with Gasteiger partial charge in [-0.2, -0.15) is 0 Å². The van der Waals surface area contributed by atoms with Crippen LogP contribution >= 0.6 is 23.7 Å². The highest BCUT2D eigenvalue weighted by molar-refractivity contribution is 7.13. The Labute approximate surface area is 126 Å². The number of carbonyl (C=O) groups is 1. The molecular formula is C13H16ClN3O2S. The van der Waals surface area contributed by atoms with Crippen LogP contribution in [0.1, 0.15) is 23.3 Å². The van der Waals surface area contributed by atoms with E-state index in [9.17, 15) is 4.79 Å². The van der Waals surface area contributed by atoms with Gasteiger partial charge in [0.1, 0.15) is 0 Å². The Balaban J connectivity index is 0.00000147. The van der Waals surface area contributed by atoms with Crippen LogP contribution in [0.25, 0.3) is 10.6 Å². The van der Waals surface area contributed by atoms with E-state index < -0.39 is 0 Å². The number of aromatic nitrogens is 1. The third kappa shape index (κ3) is 3.39. The number of hydrogen-bond donors (Lipinski definition) is 2. The predicted octanol–water partition coefficient (Wildman–Crippen LogP) is 2.29. The lowest BCUT2D eigenvalue weighted by molar-refractivity contribution is 0.0941. The molecular weight excluding hydrogens is 298 g/mol. The second-order valence-electron chi connectivity index (χ2n) is 4.77. The Morgan fingerprint density at radius 2 is 2.40 bits per heavy atom. The molecule has 1 aliphatic rings. The van der Waals surface area contributed by atoms with Crippen molar-refractivity contribution in [2.45, 2.75) is 18.9 Å². The summed E-state index contributed by atoms with van der Waals surface area (Å²) in [6.45, 7) is 0.491. The number of rotatable bonds is 5. The van der Waals surface area contributed by atoms with E-state index in [0.29, 0.717) is 23.9 Å².